The molecule has 0 saturated heterocycles. The lowest BCUT2D eigenvalue weighted by atomic mass is 9.94. The summed E-state index contributed by atoms with van der Waals surface area (Å²) in [6, 6.07) is 16.4. The number of hydrogen-bond acceptors (Lipinski definition) is 4. The summed E-state index contributed by atoms with van der Waals surface area (Å²) in [4.78, 5) is 12.8. The highest BCUT2D eigenvalue weighted by Gasteiger charge is 2.20. The number of benzene rings is 3. The van der Waals surface area contributed by atoms with Crippen molar-refractivity contribution in [3.63, 3.8) is 0 Å². The van der Waals surface area contributed by atoms with Crippen molar-refractivity contribution in [1.82, 2.24) is 5.32 Å². The smallest absolute Gasteiger partial charge is 0.244 e. The summed E-state index contributed by atoms with van der Waals surface area (Å²) in [5, 5.41) is 4.01. The minimum atomic E-state index is -0.137. The molecule has 0 fully saturated rings. The van der Waals surface area contributed by atoms with Gasteiger partial charge in [0.25, 0.3) is 0 Å². The molecule has 4 aromatic rings. The summed E-state index contributed by atoms with van der Waals surface area (Å²) in [6.45, 7) is 11.2. The first-order valence-corrected chi connectivity index (χ1v) is 12.7. The van der Waals surface area contributed by atoms with Crippen molar-refractivity contribution in [3.8, 4) is 22.6 Å². The number of ether oxygens (including phenoxy) is 2. The number of aryl methyl sites for hydroxylation is 3. The van der Waals surface area contributed by atoms with E-state index in [9.17, 15) is 4.79 Å². The van der Waals surface area contributed by atoms with Crippen molar-refractivity contribution < 1.29 is 18.7 Å². The van der Waals surface area contributed by atoms with E-state index in [1.807, 2.05) is 51.3 Å². The van der Waals surface area contributed by atoms with Crippen LogP contribution in [0.2, 0.25) is 0 Å². The lowest BCUT2D eigenvalue weighted by molar-refractivity contribution is -0.116. The molecule has 5 nitrogen and oxygen atoms in total. The zero-order chi connectivity index (χ0) is 26.5. The molecule has 0 radical (unpaired) electrons. The summed E-state index contributed by atoms with van der Waals surface area (Å²) in [6.07, 6.45) is 4.18. The summed E-state index contributed by atoms with van der Waals surface area (Å²) in [5.41, 5.74) is 9.15. The van der Waals surface area contributed by atoms with Crippen LogP contribution >= 0.6 is 0 Å². The molecule has 4 rings (SSSR count). The summed E-state index contributed by atoms with van der Waals surface area (Å²) in [7, 11) is 1.65. The Hall–Kier alpha value is -3.99. The molecule has 3 aromatic carbocycles. The first-order valence-electron chi connectivity index (χ1n) is 12.7. The molecule has 0 aliphatic carbocycles. The summed E-state index contributed by atoms with van der Waals surface area (Å²) < 4.78 is 17.4. The predicted molar refractivity (Wildman–Crippen MR) is 150 cm³/mol. The highest BCUT2D eigenvalue weighted by Crippen LogP contribution is 2.41. The molecule has 1 amide bonds. The van der Waals surface area contributed by atoms with Gasteiger partial charge < -0.3 is 19.2 Å². The molecule has 192 valence electrons. The zero-order valence-corrected chi connectivity index (χ0v) is 22.5. The van der Waals surface area contributed by atoms with Crippen LogP contribution < -0.4 is 14.8 Å². The van der Waals surface area contributed by atoms with Crippen molar-refractivity contribution in [3.05, 3.63) is 88.7 Å². The first-order chi connectivity index (χ1) is 17.8. The van der Waals surface area contributed by atoms with Gasteiger partial charge in [0.15, 0.2) is 0 Å². The minimum absolute atomic E-state index is 0.137. The number of nitrogens with one attached hydrogen (secondary N) is 1. The Morgan fingerprint density at radius 2 is 1.86 bits per heavy atom. The number of fused-ring (bicyclic) bond motifs is 1. The van der Waals surface area contributed by atoms with Gasteiger partial charge in [-0.1, -0.05) is 35.9 Å². The quantitative estimate of drug-likeness (QED) is 0.249. The number of carbonyl (C=O) groups is 1. The van der Waals surface area contributed by atoms with E-state index < -0.39 is 0 Å². The molecule has 1 N–H and O–H groups in total. The molecule has 5 heteroatoms. The van der Waals surface area contributed by atoms with Gasteiger partial charge in [-0.05, 0) is 81.5 Å². The topological polar surface area (TPSA) is 60.7 Å². The fraction of sp³-hybridized carbons (Fsp3) is 0.281. The average molecular weight is 498 g/mol. The van der Waals surface area contributed by atoms with Crippen molar-refractivity contribution in [2.45, 2.75) is 41.0 Å². The maximum atomic E-state index is 12.8. The lowest BCUT2D eigenvalue weighted by Gasteiger charge is -2.15. The van der Waals surface area contributed by atoms with E-state index in [2.05, 4.69) is 43.4 Å². The fourth-order valence-corrected chi connectivity index (χ4v) is 4.75. The molecule has 0 aliphatic heterocycles. The Bertz CT molecular complexity index is 1460. The molecule has 0 unspecified atom stereocenters. The third-order valence-corrected chi connectivity index (χ3v) is 6.62. The van der Waals surface area contributed by atoms with Gasteiger partial charge in [0.1, 0.15) is 17.1 Å². The maximum absolute atomic E-state index is 12.8. The van der Waals surface area contributed by atoms with Crippen molar-refractivity contribution in [2.24, 2.45) is 0 Å². The minimum Gasteiger partial charge on any atom is -0.497 e. The van der Waals surface area contributed by atoms with Crippen LogP contribution in [0.4, 0.5) is 0 Å². The molecular formula is C32H35NO4. The average Bonchev–Trinajstić information content (AvgIpc) is 3.29. The third kappa shape index (κ3) is 5.72. The molecular weight excluding hydrogens is 462 g/mol. The number of methoxy groups -OCH3 is 1. The summed E-state index contributed by atoms with van der Waals surface area (Å²) in [5.74, 6) is 1.42. The highest BCUT2D eigenvalue weighted by atomic mass is 16.5. The Kier molecular flexibility index (Phi) is 8.02. The van der Waals surface area contributed by atoms with Crippen molar-refractivity contribution in [1.29, 1.82) is 0 Å². The van der Waals surface area contributed by atoms with Crippen LogP contribution in [0.25, 0.3) is 27.7 Å². The van der Waals surface area contributed by atoms with Gasteiger partial charge in [-0.3, -0.25) is 4.79 Å². The van der Waals surface area contributed by atoms with Crippen LogP contribution in [0.15, 0.2) is 65.3 Å². The van der Waals surface area contributed by atoms with Crippen LogP contribution in [0.5, 0.6) is 11.5 Å². The molecule has 37 heavy (non-hydrogen) atoms. The van der Waals surface area contributed by atoms with Gasteiger partial charge in [-0.25, -0.2) is 0 Å². The van der Waals surface area contributed by atoms with Crippen LogP contribution in [-0.2, 0) is 11.2 Å². The van der Waals surface area contributed by atoms with Crippen LogP contribution in [0, 0.1) is 20.8 Å². The predicted octanol–water partition coefficient (Wildman–Crippen LogP) is 7.19. The van der Waals surface area contributed by atoms with Gasteiger partial charge in [-0.2, -0.15) is 0 Å². The number of furan rings is 1. The Morgan fingerprint density at radius 3 is 2.59 bits per heavy atom. The largest absolute Gasteiger partial charge is 0.497 e. The Morgan fingerprint density at radius 1 is 1.05 bits per heavy atom. The second-order valence-corrected chi connectivity index (χ2v) is 9.38. The SMILES string of the molecule is CCOc1c(/C(C)=C/C(=O)NCCc2cccc(OC)c2)cc2c(-c3ccc(C)cc3C)coc2c1C. The molecule has 0 bridgehead atoms. The Balaban J connectivity index is 1.63. The fourth-order valence-electron chi connectivity index (χ4n) is 4.75. The molecule has 0 saturated carbocycles. The molecule has 1 aromatic heterocycles. The van der Waals surface area contributed by atoms with E-state index >= 15 is 0 Å². The second kappa shape index (κ2) is 11.4. The summed E-state index contributed by atoms with van der Waals surface area (Å²) >= 11 is 0. The van der Waals surface area contributed by atoms with Gasteiger partial charge in [0, 0.05) is 34.7 Å². The standard InChI is InChI=1S/C32H35NO4/c1-7-36-31-23(5)32-28(29(19-37-32)26-12-11-20(2)15-21(26)3)18-27(31)22(4)16-30(34)33-14-13-24-9-8-10-25(17-24)35-6/h8-12,15-19H,7,13-14H2,1-6H3,(H,33,34)/b22-16+. The van der Waals surface area contributed by atoms with Crippen LogP contribution in [-0.4, -0.2) is 26.2 Å². The number of hydrogen-bond donors (Lipinski definition) is 1. The highest BCUT2D eigenvalue weighted by molar-refractivity contribution is 6.02. The first kappa shape index (κ1) is 26.1. The van der Waals surface area contributed by atoms with E-state index in [-0.39, 0.29) is 5.91 Å². The van der Waals surface area contributed by atoms with Crippen LogP contribution in [0.1, 0.15) is 41.7 Å². The number of rotatable bonds is 9. The van der Waals surface area contributed by atoms with E-state index in [1.165, 1.54) is 11.1 Å². The molecule has 1 heterocycles. The van der Waals surface area contributed by atoms with Gasteiger partial charge in [0.2, 0.25) is 5.91 Å². The third-order valence-electron chi connectivity index (χ3n) is 6.62. The van der Waals surface area contributed by atoms with Crippen molar-refractivity contribution in [2.75, 3.05) is 20.3 Å². The molecule has 0 atom stereocenters. The monoisotopic (exact) mass is 497 g/mol. The van der Waals surface area contributed by atoms with E-state index in [0.29, 0.717) is 13.2 Å². The number of allylic oxidation sites excluding steroid dienone is 1. The molecule has 0 aliphatic rings. The zero-order valence-electron chi connectivity index (χ0n) is 22.5. The number of amides is 1. The van der Waals surface area contributed by atoms with E-state index in [0.717, 1.165) is 62.3 Å². The van der Waals surface area contributed by atoms with Crippen molar-refractivity contribution >= 4 is 22.4 Å². The second-order valence-electron chi connectivity index (χ2n) is 9.38. The van der Waals surface area contributed by atoms with Gasteiger partial charge in [-0.15, -0.1) is 0 Å². The van der Waals surface area contributed by atoms with E-state index in [1.54, 1.807) is 13.2 Å². The van der Waals surface area contributed by atoms with Crippen LogP contribution in [0.3, 0.4) is 0 Å². The lowest BCUT2D eigenvalue weighted by Crippen LogP contribution is -2.23. The normalized spacial score (nSPS) is 11.6. The van der Waals surface area contributed by atoms with Gasteiger partial charge in [0.05, 0.1) is 20.0 Å². The number of carbonyl (C=O) groups excluding carboxylic acids is 1. The Labute approximate surface area is 219 Å². The van der Waals surface area contributed by atoms with E-state index in [4.69, 9.17) is 13.9 Å². The maximum Gasteiger partial charge on any atom is 0.244 e. The van der Waals surface area contributed by atoms with Gasteiger partial charge >= 0.3 is 0 Å². The molecule has 0 spiro atoms.